The quantitative estimate of drug-likeness (QED) is 0.908. The van der Waals surface area contributed by atoms with Crippen LogP contribution in [0.5, 0.6) is 0 Å². The Morgan fingerprint density at radius 2 is 2.38 bits per heavy atom. The summed E-state index contributed by atoms with van der Waals surface area (Å²) in [4.78, 5) is 10.2. The first-order valence-corrected chi connectivity index (χ1v) is 7.11. The molecule has 84 valence electrons. The van der Waals surface area contributed by atoms with Crippen LogP contribution in [0.3, 0.4) is 0 Å². The maximum atomic E-state index is 4.45. The fourth-order valence-electron chi connectivity index (χ4n) is 1.50. The van der Waals surface area contributed by atoms with Crippen LogP contribution in [0, 0.1) is 6.92 Å². The maximum absolute atomic E-state index is 4.45. The highest BCUT2D eigenvalue weighted by molar-refractivity contribution is 7.15. The molecule has 1 aliphatic rings. The van der Waals surface area contributed by atoms with Crippen molar-refractivity contribution in [2.24, 2.45) is 0 Å². The van der Waals surface area contributed by atoms with Crippen LogP contribution in [0.2, 0.25) is 0 Å². The molecular weight excluding hydrogens is 238 g/mol. The number of aryl methyl sites for hydroxylation is 1. The molecule has 0 saturated heterocycles. The molecule has 2 aromatic rings. The molecule has 1 fully saturated rings. The van der Waals surface area contributed by atoms with Crippen LogP contribution in [0.4, 0.5) is 0 Å². The average molecular weight is 251 g/mol. The van der Waals surface area contributed by atoms with Gasteiger partial charge in [-0.2, -0.15) is 0 Å². The largest absolute Gasteiger partial charge is 0.309 e. The van der Waals surface area contributed by atoms with Crippen molar-refractivity contribution in [2.45, 2.75) is 32.4 Å². The number of thiazole rings is 2. The van der Waals surface area contributed by atoms with Crippen LogP contribution in [0.15, 0.2) is 11.6 Å². The Balaban J connectivity index is 1.71. The third-order valence-electron chi connectivity index (χ3n) is 2.53. The van der Waals surface area contributed by atoms with Crippen molar-refractivity contribution in [1.29, 1.82) is 0 Å². The van der Waals surface area contributed by atoms with E-state index in [1.807, 2.05) is 13.1 Å². The third kappa shape index (κ3) is 2.31. The van der Waals surface area contributed by atoms with Gasteiger partial charge in [0, 0.05) is 29.0 Å². The van der Waals surface area contributed by atoms with Crippen LogP contribution >= 0.6 is 22.7 Å². The number of rotatable bonds is 4. The topological polar surface area (TPSA) is 37.8 Å². The maximum Gasteiger partial charge on any atom is 0.142 e. The van der Waals surface area contributed by atoms with Crippen molar-refractivity contribution in [3.8, 4) is 10.7 Å². The number of aromatic nitrogens is 2. The second-order valence-electron chi connectivity index (χ2n) is 4.04. The minimum absolute atomic E-state index is 0.757. The molecule has 3 nitrogen and oxygen atoms in total. The van der Waals surface area contributed by atoms with Crippen LogP contribution < -0.4 is 5.32 Å². The van der Waals surface area contributed by atoms with Crippen molar-refractivity contribution in [2.75, 3.05) is 0 Å². The predicted molar refractivity (Wildman–Crippen MR) is 67.8 cm³/mol. The zero-order valence-electron chi connectivity index (χ0n) is 9.06. The van der Waals surface area contributed by atoms with E-state index < -0.39 is 0 Å². The van der Waals surface area contributed by atoms with Crippen LogP contribution in [0.1, 0.15) is 22.7 Å². The van der Waals surface area contributed by atoms with E-state index in [0.717, 1.165) is 28.3 Å². The van der Waals surface area contributed by atoms with Gasteiger partial charge < -0.3 is 5.32 Å². The van der Waals surface area contributed by atoms with Gasteiger partial charge in [0.2, 0.25) is 0 Å². The minimum Gasteiger partial charge on any atom is -0.309 e. The van der Waals surface area contributed by atoms with Crippen LogP contribution in [-0.2, 0) is 6.54 Å². The molecule has 5 heteroatoms. The molecule has 1 aliphatic carbocycles. The second-order valence-corrected chi connectivity index (χ2v) is 6.22. The smallest absolute Gasteiger partial charge is 0.142 e. The molecule has 0 aromatic carbocycles. The van der Waals surface area contributed by atoms with E-state index in [-0.39, 0.29) is 0 Å². The van der Waals surface area contributed by atoms with E-state index in [0.29, 0.717) is 0 Å². The summed E-state index contributed by atoms with van der Waals surface area (Å²) in [5.41, 5.74) is 1.02. The highest BCUT2D eigenvalue weighted by Gasteiger charge is 2.20. The van der Waals surface area contributed by atoms with Crippen molar-refractivity contribution in [3.63, 3.8) is 0 Å². The molecule has 1 N–H and O–H groups in total. The van der Waals surface area contributed by atoms with Gasteiger partial charge in [-0.05, 0) is 19.8 Å². The lowest BCUT2D eigenvalue weighted by Gasteiger charge is -1.96. The van der Waals surface area contributed by atoms with Gasteiger partial charge in [0.15, 0.2) is 0 Å². The standard InChI is InChI=1S/C11H13N3S2/c1-7-14-10(6-15-7)11-13-5-9(16-11)4-12-8-2-3-8/h5-6,8,12H,2-4H2,1H3. The molecule has 1 saturated carbocycles. The van der Waals surface area contributed by atoms with E-state index in [1.54, 1.807) is 22.7 Å². The van der Waals surface area contributed by atoms with Gasteiger partial charge in [-0.3, -0.25) is 0 Å². The molecular formula is C11H13N3S2. The summed E-state index contributed by atoms with van der Waals surface area (Å²) < 4.78 is 0. The van der Waals surface area contributed by atoms with Gasteiger partial charge in [-0.15, -0.1) is 22.7 Å². The zero-order chi connectivity index (χ0) is 11.0. The summed E-state index contributed by atoms with van der Waals surface area (Å²) in [5, 5.41) is 7.71. The second kappa shape index (κ2) is 4.24. The highest BCUT2D eigenvalue weighted by Crippen LogP contribution is 2.27. The molecule has 0 aliphatic heterocycles. The lowest BCUT2D eigenvalue weighted by molar-refractivity contribution is 0.694. The van der Waals surface area contributed by atoms with Crippen molar-refractivity contribution < 1.29 is 0 Å². The predicted octanol–water partition coefficient (Wildman–Crippen LogP) is 2.83. The summed E-state index contributed by atoms with van der Waals surface area (Å²) >= 11 is 3.42. The number of nitrogens with zero attached hydrogens (tertiary/aromatic N) is 2. The first-order chi connectivity index (χ1) is 7.81. The van der Waals surface area contributed by atoms with Crippen LogP contribution in [0.25, 0.3) is 10.7 Å². The highest BCUT2D eigenvalue weighted by atomic mass is 32.1. The number of hydrogen-bond acceptors (Lipinski definition) is 5. The third-order valence-corrected chi connectivity index (χ3v) is 4.33. The molecule has 2 aromatic heterocycles. The van der Waals surface area contributed by atoms with Crippen molar-refractivity contribution >= 4 is 22.7 Å². The lowest BCUT2D eigenvalue weighted by Crippen LogP contribution is -2.14. The minimum atomic E-state index is 0.757. The molecule has 2 heterocycles. The molecule has 3 rings (SSSR count). The van der Waals surface area contributed by atoms with E-state index in [4.69, 9.17) is 0 Å². The molecule has 0 spiro atoms. The monoisotopic (exact) mass is 251 g/mol. The molecule has 0 unspecified atom stereocenters. The summed E-state index contributed by atoms with van der Waals surface area (Å²) in [5.74, 6) is 0. The van der Waals surface area contributed by atoms with Crippen LogP contribution in [-0.4, -0.2) is 16.0 Å². The Labute approximate surface area is 103 Å². The summed E-state index contributed by atoms with van der Waals surface area (Å²) in [6.07, 6.45) is 4.62. The lowest BCUT2D eigenvalue weighted by atomic mass is 10.5. The number of nitrogens with one attached hydrogen (secondary N) is 1. The fraction of sp³-hybridized carbons (Fsp3) is 0.455. The van der Waals surface area contributed by atoms with E-state index >= 15 is 0 Å². The number of hydrogen-bond donors (Lipinski definition) is 1. The Kier molecular flexibility index (Phi) is 2.75. The summed E-state index contributed by atoms with van der Waals surface area (Å²) in [6.45, 7) is 2.97. The van der Waals surface area contributed by atoms with Gasteiger partial charge in [0.1, 0.15) is 10.7 Å². The molecule has 0 radical (unpaired) electrons. The van der Waals surface area contributed by atoms with Gasteiger partial charge in [0.05, 0.1) is 5.01 Å². The first-order valence-electron chi connectivity index (χ1n) is 5.42. The van der Waals surface area contributed by atoms with Crippen molar-refractivity contribution in [1.82, 2.24) is 15.3 Å². The SMILES string of the molecule is Cc1nc(-c2ncc(CNC3CC3)s2)cs1. The Morgan fingerprint density at radius 1 is 1.50 bits per heavy atom. The normalized spacial score (nSPS) is 15.6. The molecule has 16 heavy (non-hydrogen) atoms. The Bertz CT molecular complexity index is 485. The van der Waals surface area contributed by atoms with Crippen molar-refractivity contribution in [3.05, 3.63) is 21.5 Å². The van der Waals surface area contributed by atoms with E-state index in [1.165, 1.54) is 17.7 Å². The first kappa shape index (κ1) is 10.4. The Hall–Kier alpha value is -0.780. The van der Waals surface area contributed by atoms with Gasteiger partial charge >= 0.3 is 0 Å². The zero-order valence-corrected chi connectivity index (χ0v) is 10.7. The fourth-order valence-corrected chi connectivity index (χ4v) is 3.00. The van der Waals surface area contributed by atoms with Gasteiger partial charge in [0.25, 0.3) is 0 Å². The van der Waals surface area contributed by atoms with Gasteiger partial charge in [-0.1, -0.05) is 0 Å². The molecule has 0 amide bonds. The summed E-state index contributed by atoms with van der Waals surface area (Å²) in [7, 11) is 0. The van der Waals surface area contributed by atoms with E-state index in [2.05, 4.69) is 20.7 Å². The van der Waals surface area contributed by atoms with E-state index in [9.17, 15) is 0 Å². The van der Waals surface area contributed by atoms with Gasteiger partial charge in [-0.25, -0.2) is 9.97 Å². The average Bonchev–Trinajstić information content (AvgIpc) is 2.81. The molecule has 0 atom stereocenters. The molecule has 0 bridgehead atoms. The Morgan fingerprint density at radius 3 is 3.06 bits per heavy atom. The summed E-state index contributed by atoms with van der Waals surface area (Å²) in [6, 6.07) is 0.757.